The molecule has 0 atom stereocenters. The van der Waals surface area contributed by atoms with E-state index in [4.69, 9.17) is 11.6 Å². The number of carbonyl (C=O) groups is 1. The number of nitrogens with zero attached hydrogens (tertiary/aromatic N) is 1. The highest BCUT2D eigenvalue weighted by Crippen LogP contribution is 2.22. The summed E-state index contributed by atoms with van der Waals surface area (Å²) in [5.41, 5.74) is 1.60. The highest BCUT2D eigenvalue weighted by Gasteiger charge is 2.06. The summed E-state index contributed by atoms with van der Waals surface area (Å²) in [6.07, 6.45) is 3.12. The summed E-state index contributed by atoms with van der Waals surface area (Å²) in [6, 6.07) is 5.40. The SMILES string of the molecule is CCCCN(C)c1ccc(Cl)cc1C=O. The van der Waals surface area contributed by atoms with E-state index in [2.05, 4.69) is 11.8 Å². The van der Waals surface area contributed by atoms with Gasteiger partial charge in [-0.15, -0.1) is 0 Å². The Morgan fingerprint density at radius 2 is 2.20 bits per heavy atom. The highest BCUT2D eigenvalue weighted by atomic mass is 35.5. The summed E-state index contributed by atoms with van der Waals surface area (Å²) in [7, 11) is 1.99. The minimum atomic E-state index is 0.602. The van der Waals surface area contributed by atoms with E-state index in [0.717, 1.165) is 31.4 Å². The lowest BCUT2D eigenvalue weighted by Crippen LogP contribution is -2.19. The minimum Gasteiger partial charge on any atom is -0.374 e. The third-order valence-electron chi connectivity index (χ3n) is 2.37. The average Bonchev–Trinajstić information content (AvgIpc) is 2.25. The van der Waals surface area contributed by atoms with Crippen LogP contribution in [0.15, 0.2) is 18.2 Å². The van der Waals surface area contributed by atoms with Crippen molar-refractivity contribution in [3.63, 3.8) is 0 Å². The van der Waals surface area contributed by atoms with Crippen LogP contribution in [0.4, 0.5) is 5.69 Å². The molecule has 0 saturated heterocycles. The standard InChI is InChI=1S/C12H16ClNO/c1-3-4-7-14(2)12-6-5-11(13)8-10(12)9-15/h5-6,8-9H,3-4,7H2,1-2H3. The number of aldehydes is 1. The average molecular weight is 226 g/mol. The Bertz CT molecular complexity index is 338. The van der Waals surface area contributed by atoms with Crippen LogP contribution < -0.4 is 4.90 Å². The zero-order valence-electron chi connectivity index (χ0n) is 9.16. The zero-order chi connectivity index (χ0) is 11.3. The van der Waals surface area contributed by atoms with Crippen molar-refractivity contribution in [1.82, 2.24) is 0 Å². The van der Waals surface area contributed by atoms with Gasteiger partial charge in [-0.2, -0.15) is 0 Å². The first-order valence-corrected chi connectivity index (χ1v) is 5.52. The van der Waals surface area contributed by atoms with Crippen LogP contribution in [0.25, 0.3) is 0 Å². The molecule has 0 saturated carbocycles. The molecule has 0 spiro atoms. The van der Waals surface area contributed by atoms with Crippen molar-refractivity contribution < 1.29 is 4.79 Å². The lowest BCUT2D eigenvalue weighted by molar-refractivity contribution is 0.112. The number of hydrogen-bond donors (Lipinski definition) is 0. The maximum atomic E-state index is 10.9. The number of anilines is 1. The molecule has 1 aromatic rings. The Kier molecular flexibility index (Phi) is 4.63. The van der Waals surface area contributed by atoms with E-state index in [1.54, 1.807) is 6.07 Å². The summed E-state index contributed by atoms with van der Waals surface area (Å²) in [5.74, 6) is 0. The highest BCUT2D eigenvalue weighted by molar-refractivity contribution is 6.31. The quantitative estimate of drug-likeness (QED) is 0.716. The van der Waals surface area contributed by atoms with Gasteiger partial charge in [0.15, 0.2) is 6.29 Å². The Morgan fingerprint density at radius 1 is 1.47 bits per heavy atom. The van der Waals surface area contributed by atoms with Crippen molar-refractivity contribution >= 4 is 23.6 Å². The van der Waals surface area contributed by atoms with Gasteiger partial charge in [0.1, 0.15) is 0 Å². The molecule has 82 valence electrons. The summed E-state index contributed by atoms with van der Waals surface area (Å²) in [4.78, 5) is 13.0. The second-order valence-corrected chi connectivity index (χ2v) is 4.03. The maximum absolute atomic E-state index is 10.9. The number of rotatable bonds is 5. The summed E-state index contributed by atoms with van der Waals surface area (Å²) >= 11 is 5.83. The number of unbranched alkanes of at least 4 members (excludes halogenated alkanes) is 1. The molecule has 1 aromatic carbocycles. The fourth-order valence-electron chi connectivity index (χ4n) is 1.48. The molecule has 1 rings (SSSR count). The molecule has 15 heavy (non-hydrogen) atoms. The van der Waals surface area contributed by atoms with Crippen LogP contribution in [-0.4, -0.2) is 19.9 Å². The van der Waals surface area contributed by atoms with Crippen molar-refractivity contribution in [3.8, 4) is 0 Å². The first kappa shape index (κ1) is 12.1. The fraction of sp³-hybridized carbons (Fsp3) is 0.417. The van der Waals surface area contributed by atoms with Crippen LogP contribution in [0.2, 0.25) is 5.02 Å². The lowest BCUT2D eigenvalue weighted by Gasteiger charge is -2.20. The molecule has 0 unspecified atom stereocenters. The van der Waals surface area contributed by atoms with Gasteiger partial charge >= 0.3 is 0 Å². The second kappa shape index (κ2) is 5.76. The summed E-state index contributed by atoms with van der Waals surface area (Å²) < 4.78 is 0. The van der Waals surface area contributed by atoms with Crippen molar-refractivity contribution in [3.05, 3.63) is 28.8 Å². The van der Waals surface area contributed by atoms with Gasteiger partial charge in [-0.1, -0.05) is 24.9 Å². The number of benzene rings is 1. The molecule has 0 aliphatic carbocycles. The van der Waals surface area contributed by atoms with Crippen molar-refractivity contribution in [2.24, 2.45) is 0 Å². The van der Waals surface area contributed by atoms with E-state index >= 15 is 0 Å². The third-order valence-corrected chi connectivity index (χ3v) is 2.61. The van der Waals surface area contributed by atoms with E-state index in [1.807, 2.05) is 19.2 Å². The Morgan fingerprint density at radius 3 is 2.80 bits per heavy atom. The first-order valence-electron chi connectivity index (χ1n) is 5.15. The smallest absolute Gasteiger partial charge is 0.152 e. The van der Waals surface area contributed by atoms with Crippen LogP contribution in [-0.2, 0) is 0 Å². The zero-order valence-corrected chi connectivity index (χ0v) is 9.92. The first-order chi connectivity index (χ1) is 7.19. The van der Waals surface area contributed by atoms with E-state index < -0.39 is 0 Å². The van der Waals surface area contributed by atoms with Crippen LogP contribution in [0, 0.1) is 0 Å². The van der Waals surface area contributed by atoms with Gasteiger partial charge in [0.2, 0.25) is 0 Å². The molecule has 0 aromatic heterocycles. The molecule has 0 radical (unpaired) electrons. The van der Waals surface area contributed by atoms with Gasteiger partial charge in [0, 0.05) is 29.9 Å². The summed E-state index contributed by atoms with van der Waals surface area (Å²) in [6.45, 7) is 3.11. The topological polar surface area (TPSA) is 20.3 Å². The molecule has 2 nitrogen and oxygen atoms in total. The molecule has 0 heterocycles. The van der Waals surface area contributed by atoms with Gasteiger partial charge in [0.05, 0.1) is 0 Å². The third kappa shape index (κ3) is 3.24. The van der Waals surface area contributed by atoms with E-state index in [-0.39, 0.29) is 0 Å². The predicted molar refractivity (Wildman–Crippen MR) is 65.0 cm³/mol. The molecule has 0 fully saturated rings. The van der Waals surface area contributed by atoms with E-state index in [9.17, 15) is 4.79 Å². The minimum absolute atomic E-state index is 0.602. The lowest BCUT2D eigenvalue weighted by atomic mass is 10.1. The molecule has 3 heteroatoms. The Balaban J connectivity index is 2.87. The molecule has 0 aliphatic rings. The van der Waals surface area contributed by atoms with Crippen molar-refractivity contribution in [1.29, 1.82) is 0 Å². The van der Waals surface area contributed by atoms with Gasteiger partial charge in [-0.05, 0) is 24.6 Å². The van der Waals surface area contributed by atoms with Gasteiger partial charge < -0.3 is 4.90 Å². The number of carbonyl (C=O) groups excluding carboxylic acids is 1. The van der Waals surface area contributed by atoms with Gasteiger partial charge in [-0.25, -0.2) is 0 Å². The normalized spacial score (nSPS) is 10.1. The predicted octanol–water partition coefficient (Wildman–Crippen LogP) is 3.39. The summed E-state index contributed by atoms with van der Waals surface area (Å²) in [5, 5.41) is 0.602. The molecule has 0 N–H and O–H groups in total. The van der Waals surface area contributed by atoms with Crippen molar-refractivity contribution in [2.45, 2.75) is 19.8 Å². The van der Waals surface area contributed by atoms with Crippen LogP contribution in [0.1, 0.15) is 30.1 Å². The number of halogens is 1. The number of hydrogen-bond acceptors (Lipinski definition) is 2. The molecule has 0 bridgehead atoms. The van der Waals surface area contributed by atoms with Crippen molar-refractivity contribution in [2.75, 3.05) is 18.5 Å². The van der Waals surface area contributed by atoms with Crippen LogP contribution >= 0.6 is 11.6 Å². The second-order valence-electron chi connectivity index (χ2n) is 3.60. The molecule has 0 amide bonds. The fourth-order valence-corrected chi connectivity index (χ4v) is 1.66. The molecular weight excluding hydrogens is 210 g/mol. The van der Waals surface area contributed by atoms with E-state index in [1.165, 1.54) is 0 Å². The monoisotopic (exact) mass is 225 g/mol. The van der Waals surface area contributed by atoms with Crippen LogP contribution in [0.3, 0.4) is 0 Å². The van der Waals surface area contributed by atoms with Crippen LogP contribution in [0.5, 0.6) is 0 Å². The maximum Gasteiger partial charge on any atom is 0.152 e. The van der Waals surface area contributed by atoms with Gasteiger partial charge in [0.25, 0.3) is 0 Å². The van der Waals surface area contributed by atoms with Gasteiger partial charge in [-0.3, -0.25) is 4.79 Å². The van der Waals surface area contributed by atoms with E-state index in [0.29, 0.717) is 10.6 Å². The largest absolute Gasteiger partial charge is 0.374 e. The molecule has 0 aliphatic heterocycles. The Labute approximate surface area is 95.8 Å². The Hall–Kier alpha value is -1.02. The molecular formula is C12H16ClNO.